The number of benzene rings is 1. The van der Waals surface area contributed by atoms with Gasteiger partial charge in [0.05, 0.1) is 11.1 Å². The Kier molecular flexibility index (Phi) is 4.35. The Morgan fingerprint density at radius 2 is 2.10 bits per heavy atom. The van der Waals surface area contributed by atoms with Crippen LogP contribution in [0.15, 0.2) is 24.3 Å². The van der Waals surface area contributed by atoms with Crippen molar-refractivity contribution in [2.24, 2.45) is 0 Å². The van der Waals surface area contributed by atoms with Gasteiger partial charge in [-0.1, -0.05) is 19.9 Å². The van der Waals surface area contributed by atoms with Crippen molar-refractivity contribution in [2.75, 3.05) is 13.6 Å². The zero-order valence-electron chi connectivity index (χ0n) is 12.1. The lowest BCUT2D eigenvalue weighted by Crippen LogP contribution is -2.12. The predicted molar refractivity (Wildman–Crippen MR) is 80.4 cm³/mol. The van der Waals surface area contributed by atoms with Gasteiger partial charge in [-0.25, -0.2) is 4.79 Å². The van der Waals surface area contributed by atoms with Crippen LogP contribution < -0.4 is 5.32 Å². The number of carboxylic acids is 1. The number of hydrogen-bond donors (Lipinski definition) is 2. The third kappa shape index (κ3) is 2.96. The first-order valence-electron chi connectivity index (χ1n) is 6.84. The molecule has 20 heavy (non-hydrogen) atoms. The molecule has 0 unspecified atom stereocenters. The highest BCUT2D eigenvalue weighted by Crippen LogP contribution is 2.24. The van der Waals surface area contributed by atoms with Gasteiger partial charge in [-0.05, 0) is 36.7 Å². The minimum Gasteiger partial charge on any atom is -0.478 e. The SMILES string of the molecule is CNCCc1cc(C(=O)O)c2cc(C(C)C)ccc2n1. The highest BCUT2D eigenvalue weighted by atomic mass is 16.4. The molecule has 0 spiro atoms. The van der Waals surface area contributed by atoms with Crippen LogP contribution in [0.25, 0.3) is 10.9 Å². The summed E-state index contributed by atoms with van der Waals surface area (Å²) in [7, 11) is 1.87. The van der Waals surface area contributed by atoms with Crippen molar-refractivity contribution in [2.45, 2.75) is 26.2 Å². The second-order valence-electron chi connectivity index (χ2n) is 5.25. The Bertz CT molecular complexity index is 636. The smallest absolute Gasteiger partial charge is 0.336 e. The van der Waals surface area contributed by atoms with E-state index in [2.05, 4.69) is 24.1 Å². The van der Waals surface area contributed by atoms with Crippen LogP contribution in [0.4, 0.5) is 0 Å². The van der Waals surface area contributed by atoms with E-state index < -0.39 is 5.97 Å². The predicted octanol–water partition coefficient (Wildman–Crippen LogP) is 2.82. The monoisotopic (exact) mass is 272 g/mol. The van der Waals surface area contributed by atoms with Gasteiger partial charge in [-0.3, -0.25) is 4.98 Å². The number of aromatic carboxylic acids is 1. The van der Waals surface area contributed by atoms with Gasteiger partial charge >= 0.3 is 5.97 Å². The van der Waals surface area contributed by atoms with Crippen LogP contribution in [0.2, 0.25) is 0 Å². The fourth-order valence-corrected chi connectivity index (χ4v) is 2.22. The first-order valence-corrected chi connectivity index (χ1v) is 6.84. The Hall–Kier alpha value is -1.94. The Labute approximate surface area is 118 Å². The molecular weight excluding hydrogens is 252 g/mol. The molecule has 0 fully saturated rings. The quantitative estimate of drug-likeness (QED) is 0.878. The molecule has 0 aliphatic rings. The number of carbonyl (C=O) groups is 1. The van der Waals surface area contributed by atoms with Gasteiger partial charge in [0.15, 0.2) is 0 Å². The van der Waals surface area contributed by atoms with E-state index in [1.807, 2.05) is 25.2 Å². The molecule has 0 amide bonds. The minimum atomic E-state index is -0.899. The van der Waals surface area contributed by atoms with E-state index in [9.17, 15) is 9.90 Å². The normalized spacial score (nSPS) is 11.2. The van der Waals surface area contributed by atoms with E-state index in [0.29, 0.717) is 11.5 Å². The third-order valence-electron chi connectivity index (χ3n) is 3.41. The van der Waals surface area contributed by atoms with Gasteiger partial charge in [0, 0.05) is 24.0 Å². The summed E-state index contributed by atoms with van der Waals surface area (Å²) in [5.74, 6) is -0.533. The van der Waals surface area contributed by atoms with Crippen LogP contribution in [0.1, 0.15) is 41.4 Å². The number of rotatable bonds is 5. The Morgan fingerprint density at radius 1 is 1.35 bits per heavy atom. The van der Waals surface area contributed by atoms with E-state index >= 15 is 0 Å². The van der Waals surface area contributed by atoms with Crippen molar-refractivity contribution < 1.29 is 9.90 Å². The summed E-state index contributed by atoms with van der Waals surface area (Å²) in [6.07, 6.45) is 0.721. The lowest BCUT2D eigenvalue weighted by Gasteiger charge is -2.10. The largest absolute Gasteiger partial charge is 0.478 e. The van der Waals surface area contributed by atoms with Crippen molar-refractivity contribution in [3.05, 3.63) is 41.1 Å². The maximum absolute atomic E-state index is 11.5. The molecule has 1 aromatic carbocycles. The van der Waals surface area contributed by atoms with E-state index in [-0.39, 0.29) is 0 Å². The second-order valence-corrected chi connectivity index (χ2v) is 5.25. The van der Waals surface area contributed by atoms with Crippen molar-refractivity contribution in [1.82, 2.24) is 10.3 Å². The maximum Gasteiger partial charge on any atom is 0.336 e. The molecule has 2 aromatic rings. The molecule has 106 valence electrons. The summed E-state index contributed by atoms with van der Waals surface area (Å²) < 4.78 is 0. The number of nitrogens with one attached hydrogen (secondary N) is 1. The molecule has 0 radical (unpaired) electrons. The summed E-state index contributed by atoms with van der Waals surface area (Å²) in [6, 6.07) is 7.57. The molecule has 1 heterocycles. The van der Waals surface area contributed by atoms with E-state index in [4.69, 9.17) is 0 Å². The lowest BCUT2D eigenvalue weighted by molar-refractivity contribution is 0.0699. The van der Waals surface area contributed by atoms with Crippen LogP contribution in [-0.4, -0.2) is 29.7 Å². The molecule has 4 heteroatoms. The summed E-state index contributed by atoms with van der Waals surface area (Å²) in [5, 5.41) is 13.2. The maximum atomic E-state index is 11.5. The number of aromatic nitrogens is 1. The number of likely N-dealkylation sites (N-methyl/N-ethyl adjacent to an activating group) is 1. The van der Waals surface area contributed by atoms with Gasteiger partial charge < -0.3 is 10.4 Å². The molecular formula is C16H20N2O2. The molecule has 4 nitrogen and oxygen atoms in total. The summed E-state index contributed by atoms with van der Waals surface area (Å²) in [6.45, 7) is 4.97. The van der Waals surface area contributed by atoms with E-state index in [0.717, 1.165) is 35.1 Å². The van der Waals surface area contributed by atoms with Gasteiger partial charge in [0.1, 0.15) is 0 Å². The molecule has 2 rings (SSSR count). The molecule has 1 aromatic heterocycles. The fraction of sp³-hybridized carbons (Fsp3) is 0.375. The van der Waals surface area contributed by atoms with Crippen LogP contribution in [0.3, 0.4) is 0 Å². The van der Waals surface area contributed by atoms with Gasteiger partial charge in [0.2, 0.25) is 0 Å². The van der Waals surface area contributed by atoms with Gasteiger partial charge in [-0.2, -0.15) is 0 Å². The average Bonchev–Trinajstić information content (AvgIpc) is 2.43. The highest BCUT2D eigenvalue weighted by Gasteiger charge is 2.13. The van der Waals surface area contributed by atoms with Gasteiger partial charge in [-0.15, -0.1) is 0 Å². The summed E-state index contributed by atoms with van der Waals surface area (Å²) in [5.41, 5.74) is 3.02. The summed E-state index contributed by atoms with van der Waals surface area (Å²) >= 11 is 0. The zero-order chi connectivity index (χ0) is 14.7. The molecule has 0 saturated heterocycles. The molecule has 0 bridgehead atoms. The molecule has 0 aliphatic heterocycles. The fourth-order valence-electron chi connectivity index (χ4n) is 2.22. The van der Waals surface area contributed by atoms with Crippen molar-refractivity contribution in [3.63, 3.8) is 0 Å². The van der Waals surface area contributed by atoms with Crippen LogP contribution in [0, 0.1) is 0 Å². The number of fused-ring (bicyclic) bond motifs is 1. The first kappa shape index (κ1) is 14.5. The Morgan fingerprint density at radius 3 is 2.70 bits per heavy atom. The zero-order valence-corrected chi connectivity index (χ0v) is 12.1. The second kappa shape index (κ2) is 6.01. The highest BCUT2D eigenvalue weighted by molar-refractivity contribution is 6.02. The van der Waals surface area contributed by atoms with Crippen LogP contribution in [0.5, 0.6) is 0 Å². The van der Waals surface area contributed by atoms with Crippen molar-refractivity contribution in [3.8, 4) is 0 Å². The molecule has 0 atom stereocenters. The van der Waals surface area contributed by atoms with Crippen LogP contribution >= 0.6 is 0 Å². The third-order valence-corrected chi connectivity index (χ3v) is 3.41. The van der Waals surface area contributed by atoms with Crippen LogP contribution in [-0.2, 0) is 6.42 Å². The number of hydrogen-bond acceptors (Lipinski definition) is 3. The molecule has 0 aliphatic carbocycles. The Balaban J connectivity index is 2.59. The molecule has 0 saturated carbocycles. The standard InChI is InChI=1S/C16H20N2O2/c1-10(2)11-4-5-15-13(8-11)14(16(19)20)9-12(18-15)6-7-17-3/h4-5,8-10,17H,6-7H2,1-3H3,(H,19,20). The average molecular weight is 272 g/mol. The molecule has 2 N–H and O–H groups in total. The first-order chi connectivity index (χ1) is 9.52. The van der Waals surface area contributed by atoms with Gasteiger partial charge in [0.25, 0.3) is 0 Å². The van der Waals surface area contributed by atoms with Crippen molar-refractivity contribution in [1.29, 1.82) is 0 Å². The number of pyridine rings is 1. The summed E-state index contributed by atoms with van der Waals surface area (Å²) in [4.78, 5) is 16.0. The number of carboxylic acid groups (broad SMARTS) is 1. The van der Waals surface area contributed by atoms with E-state index in [1.165, 1.54) is 0 Å². The lowest BCUT2D eigenvalue weighted by atomic mass is 9.98. The van der Waals surface area contributed by atoms with Crippen molar-refractivity contribution >= 4 is 16.9 Å². The number of nitrogens with zero attached hydrogens (tertiary/aromatic N) is 1. The minimum absolute atomic E-state index is 0.337. The van der Waals surface area contributed by atoms with E-state index in [1.54, 1.807) is 6.07 Å². The topological polar surface area (TPSA) is 62.2 Å².